The van der Waals surface area contributed by atoms with E-state index in [0.717, 1.165) is 3.92 Å². The minimum absolute atomic E-state index is 0.501. The topological polar surface area (TPSA) is 26.0 Å². The molecule has 0 bridgehead atoms. The highest BCUT2D eigenvalue weighted by molar-refractivity contribution is 14.1. The van der Waals surface area contributed by atoms with Crippen molar-refractivity contribution in [2.75, 3.05) is 0 Å². The zero-order valence-electron chi connectivity index (χ0n) is 4.23. The van der Waals surface area contributed by atoms with Gasteiger partial charge in [0.2, 0.25) is 0 Å². The molecule has 1 fully saturated rings. The van der Waals surface area contributed by atoms with Crippen molar-refractivity contribution in [3.05, 3.63) is 0 Å². The first kappa shape index (κ1) is 5.82. The average molecular weight is 211 g/mol. The van der Waals surface area contributed by atoms with Gasteiger partial charge in [0.15, 0.2) is 0 Å². The van der Waals surface area contributed by atoms with Crippen LogP contribution >= 0.6 is 22.6 Å². The van der Waals surface area contributed by atoms with Gasteiger partial charge in [-0.05, 0) is 12.8 Å². The minimum atomic E-state index is 0.501. The summed E-state index contributed by atoms with van der Waals surface area (Å²) in [5.74, 6) is 0. The van der Waals surface area contributed by atoms with E-state index in [1.165, 1.54) is 19.3 Å². The molecular formula is C5H10IN. The SMILES string of the molecule is N[C@@H]1CCC[C@@H]1I. The summed E-state index contributed by atoms with van der Waals surface area (Å²) < 4.78 is 0.762. The summed E-state index contributed by atoms with van der Waals surface area (Å²) in [6.07, 6.45) is 3.92. The number of nitrogens with two attached hydrogens (primary N) is 1. The molecule has 0 amide bonds. The fraction of sp³-hybridized carbons (Fsp3) is 1.00. The van der Waals surface area contributed by atoms with E-state index in [9.17, 15) is 0 Å². The Bertz CT molecular complexity index is 57.1. The van der Waals surface area contributed by atoms with Gasteiger partial charge in [-0.25, -0.2) is 0 Å². The molecule has 0 aromatic rings. The Kier molecular flexibility index (Phi) is 1.92. The van der Waals surface area contributed by atoms with Crippen LogP contribution in [0.3, 0.4) is 0 Å². The lowest BCUT2D eigenvalue weighted by molar-refractivity contribution is 0.729. The summed E-state index contributed by atoms with van der Waals surface area (Å²) >= 11 is 2.43. The van der Waals surface area contributed by atoms with E-state index in [4.69, 9.17) is 5.73 Å². The second-order valence-electron chi connectivity index (χ2n) is 2.11. The Balaban J connectivity index is 2.33. The zero-order chi connectivity index (χ0) is 5.28. The maximum atomic E-state index is 5.67. The fourth-order valence-corrected chi connectivity index (χ4v) is 1.74. The van der Waals surface area contributed by atoms with Crippen molar-refractivity contribution < 1.29 is 0 Å². The first-order chi connectivity index (χ1) is 3.30. The molecule has 1 nitrogen and oxygen atoms in total. The molecular weight excluding hydrogens is 201 g/mol. The van der Waals surface area contributed by atoms with Gasteiger partial charge in [0.1, 0.15) is 0 Å². The first-order valence-corrected chi connectivity index (χ1v) is 3.95. The van der Waals surface area contributed by atoms with Gasteiger partial charge in [-0.15, -0.1) is 0 Å². The molecule has 7 heavy (non-hydrogen) atoms. The van der Waals surface area contributed by atoms with Gasteiger partial charge in [-0.1, -0.05) is 29.0 Å². The van der Waals surface area contributed by atoms with E-state index in [-0.39, 0.29) is 0 Å². The molecule has 0 saturated heterocycles. The van der Waals surface area contributed by atoms with E-state index >= 15 is 0 Å². The summed E-state index contributed by atoms with van der Waals surface area (Å²) in [5.41, 5.74) is 5.67. The molecule has 42 valence electrons. The Hall–Kier alpha value is 0.690. The second kappa shape index (κ2) is 2.31. The number of hydrogen-bond acceptors (Lipinski definition) is 1. The molecule has 2 atom stereocenters. The lowest BCUT2D eigenvalue weighted by atomic mass is 10.3. The molecule has 0 aromatic heterocycles. The van der Waals surface area contributed by atoms with Gasteiger partial charge in [0.05, 0.1) is 0 Å². The largest absolute Gasteiger partial charge is 0.327 e. The fourth-order valence-electron chi connectivity index (χ4n) is 0.943. The van der Waals surface area contributed by atoms with Crippen LogP contribution in [0, 0.1) is 0 Å². The molecule has 0 unspecified atom stereocenters. The summed E-state index contributed by atoms with van der Waals surface area (Å²) in [6, 6.07) is 0.501. The van der Waals surface area contributed by atoms with E-state index in [0.29, 0.717) is 6.04 Å². The first-order valence-electron chi connectivity index (χ1n) is 2.70. The number of rotatable bonds is 0. The van der Waals surface area contributed by atoms with Crippen LogP contribution in [0.4, 0.5) is 0 Å². The summed E-state index contributed by atoms with van der Waals surface area (Å²) in [7, 11) is 0. The van der Waals surface area contributed by atoms with Crippen molar-refractivity contribution in [2.24, 2.45) is 5.73 Å². The van der Waals surface area contributed by atoms with Crippen LogP contribution in [-0.2, 0) is 0 Å². The van der Waals surface area contributed by atoms with E-state index in [1.54, 1.807) is 0 Å². The van der Waals surface area contributed by atoms with Gasteiger partial charge < -0.3 is 5.73 Å². The van der Waals surface area contributed by atoms with Crippen LogP contribution in [0.1, 0.15) is 19.3 Å². The van der Waals surface area contributed by atoms with Crippen molar-refractivity contribution in [2.45, 2.75) is 29.2 Å². The van der Waals surface area contributed by atoms with Crippen molar-refractivity contribution in [3.8, 4) is 0 Å². The van der Waals surface area contributed by atoms with E-state index in [2.05, 4.69) is 22.6 Å². The third kappa shape index (κ3) is 1.29. The maximum absolute atomic E-state index is 5.67. The average Bonchev–Trinajstić information content (AvgIpc) is 1.91. The Morgan fingerprint density at radius 3 is 2.29 bits per heavy atom. The van der Waals surface area contributed by atoms with Gasteiger partial charge in [-0.3, -0.25) is 0 Å². The quantitative estimate of drug-likeness (QED) is 0.474. The molecule has 1 rings (SSSR count). The van der Waals surface area contributed by atoms with Crippen molar-refractivity contribution in [1.82, 2.24) is 0 Å². The molecule has 1 aliphatic rings. The van der Waals surface area contributed by atoms with E-state index < -0.39 is 0 Å². The number of alkyl halides is 1. The molecule has 0 spiro atoms. The lowest BCUT2D eigenvalue weighted by Crippen LogP contribution is -2.23. The van der Waals surface area contributed by atoms with Gasteiger partial charge >= 0.3 is 0 Å². The zero-order valence-corrected chi connectivity index (χ0v) is 6.39. The third-order valence-electron chi connectivity index (χ3n) is 1.48. The van der Waals surface area contributed by atoms with Crippen LogP contribution in [0.2, 0.25) is 0 Å². The van der Waals surface area contributed by atoms with Crippen molar-refractivity contribution in [1.29, 1.82) is 0 Å². The lowest BCUT2D eigenvalue weighted by Gasteiger charge is -2.03. The number of hydrogen-bond donors (Lipinski definition) is 1. The minimum Gasteiger partial charge on any atom is -0.327 e. The molecule has 0 radical (unpaired) electrons. The highest BCUT2D eigenvalue weighted by Gasteiger charge is 2.19. The predicted octanol–water partition coefficient (Wildman–Crippen LogP) is 1.30. The molecule has 0 heterocycles. The van der Waals surface area contributed by atoms with Crippen molar-refractivity contribution in [3.63, 3.8) is 0 Å². The molecule has 1 aliphatic carbocycles. The van der Waals surface area contributed by atoms with Gasteiger partial charge in [-0.2, -0.15) is 0 Å². The Morgan fingerprint density at radius 2 is 2.14 bits per heavy atom. The summed E-state index contributed by atoms with van der Waals surface area (Å²) in [5, 5.41) is 0. The standard InChI is InChI=1S/C5H10IN/c6-4-2-1-3-5(4)7/h4-5H,1-3,7H2/t4-,5+/m0/s1. The molecule has 2 N–H and O–H groups in total. The van der Waals surface area contributed by atoms with E-state index in [1.807, 2.05) is 0 Å². The summed E-state index contributed by atoms with van der Waals surface area (Å²) in [6.45, 7) is 0. The van der Waals surface area contributed by atoms with Crippen LogP contribution in [0.5, 0.6) is 0 Å². The maximum Gasteiger partial charge on any atom is 0.0261 e. The number of halogens is 1. The normalized spacial score (nSPS) is 42.0. The third-order valence-corrected chi connectivity index (χ3v) is 3.03. The Labute approximate surface area is 57.8 Å². The highest BCUT2D eigenvalue weighted by atomic mass is 127. The van der Waals surface area contributed by atoms with Crippen molar-refractivity contribution >= 4 is 22.6 Å². The summed E-state index contributed by atoms with van der Waals surface area (Å²) in [4.78, 5) is 0. The second-order valence-corrected chi connectivity index (χ2v) is 3.71. The smallest absolute Gasteiger partial charge is 0.0261 e. The molecule has 0 aromatic carbocycles. The van der Waals surface area contributed by atoms with Crippen LogP contribution in [-0.4, -0.2) is 9.97 Å². The predicted molar refractivity (Wildman–Crippen MR) is 39.6 cm³/mol. The van der Waals surface area contributed by atoms with Crippen LogP contribution in [0.25, 0.3) is 0 Å². The highest BCUT2D eigenvalue weighted by Crippen LogP contribution is 2.23. The molecule has 0 aliphatic heterocycles. The Morgan fingerprint density at radius 1 is 1.43 bits per heavy atom. The van der Waals surface area contributed by atoms with Crippen LogP contribution in [0.15, 0.2) is 0 Å². The monoisotopic (exact) mass is 211 g/mol. The van der Waals surface area contributed by atoms with Gasteiger partial charge in [0, 0.05) is 9.97 Å². The van der Waals surface area contributed by atoms with Gasteiger partial charge in [0.25, 0.3) is 0 Å². The molecule has 2 heteroatoms. The van der Waals surface area contributed by atoms with Crippen LogP contribution < -0.4 is 5.73 Å². The molecule has 1 saturated carbocycles.